The molecule has 256 valence electrons. The Labute approximate surface area is 281 Å². The predicted molar refractivity (Wildman–Crippen MR) is 180 cm³/mol. The van der Waals surface area contributed by atoms with Gasteiger partial charge in [-0.3, -0.25) is 19.2 Å². The summed E-state index contributed by atoms with van der Waals surface area (Å²) in [5, 5.41) is 0. The first kappa shape index (κ1) is 33.0. The summed E-state index contributed by atoms with van der Waals surface area (Å²) in [6.07, 6.45) is 22.7. The van der Waals surface area contributed by atoms with Crippen LogP contribution in [0.3, 0.4) is 0 Å². The van der Waals surface area contributed by atoms with Crippen LogP contribution in [0.15, 0.2) is 35.5 Å². The number of ether oxygens (including phenoxy) is 2. The molecule has 1 heterocycles. The maximum atomic E-state index is 11.9. The summed E-state index contributed by atoms with van der Waals surface area (Å²) in [4.78, 5) is 47.2. The first-order valence-electron chi connectivity index (χ1n) is 18.9. The third-order valence-electron chi connectivity index (χ3n) is 15.3. The minimum Gasteiger partial charge on any atom is -0.462 e. The molecule has 8 aliphatic rings. The summed E-state index contributed by atoms with van der Waals surface area (Å²) in [5.74, 6) is 4.18. The Morgan fingerprint density at radius 1 is 0.766 bits per heavy atom. The van der Waals surface area contributed by atoms with E-state index in [2.05, 4.69) is 33.8 Å². The van der Waals surface area contributed by atoms with E-state index in [9.17, 15) is 19.2 Å². The van der Waals surface area contributed by atoms with Gasteiger partial charge in [0.05, 0.1) is 0 Å². The molecule has 6 nitrogen and oxygen atoms in total. The SMILES string of the molecule is CCC(=O)O[C@H]1CC[C@H]2[C@@H]3CCC4=CC(=O)CC[C@]4(C)[C@H]3CC[C@]12C.C[C@]12C=CC(=O)C=C1CC[C@@H]1[C@@H]2CC[C@]2(C)OC(=O)CC[C@@H]12. The third kappa shape index (κ3) is 5.34. The van der Waals surface area contributed by atoms with Crippen molar-refractivity contribution in [2.45, 2.75) is 143 Å². The standard InChI is InChI=1S/C22H32O3.C19H24O3/c1-4-20(24)25-19-8-7-17-16-6-5-14-13-15(23)9-11-21(14,2)18(16)10-12-22(17,19)3;1-18-9-7-13(20)11-12(18)3-4-14-15(18)8-10-19(2)16(14)5-6-17(21)22-19/h13,16-19H,4-12H2,1-3H3;7,9,11,14-16H,3-6,8,10H2,1-2H3/t16-,17-,18-,19-,21-,22-;14-,15+,16+,18+,19+/m01/s1. The monoisotopic (exact) mass is 644 g/mol. The number of carbonyl (C=O) groups is 4. The summed E-state index contributed by atoms with van der Waals surface area (Å²) >= 11 is 0. The summed E-state index contributed by atoms with van der Waals surface area (Å²) in [6.45, 7) is 11.1. The highest BCUT2D eigenvalue weighted by atomic mass is 16.6. The summed E-state index contributed by atoms with van der Waals surface area (Å²) in [6, 6.07) is 0. The molecule has 6 heteroatoms. The average Bonchev–Trinajstić information content (AvgIpc) is 3.37. The molecule has 0 aromatic heterocycles. The van der Waals surface area contributed by atoms with Gasteiger partial charge in [-0.1, -0.05) is 44.9 Å². The third-order valence-corrected chi connectivity index (χ3v) is 15.3. The average molecular weight is 645 g/mol. The number of rotatable bonds is 2. The lowest BCUT2D eigenvalue weighted by Gasteiger charge is -2.58. The molecular formula is C41H56O6. The van der Waals surface area contributed by atoms with Gasteiger partial charge in [0.25, 0.3) is 0 Å². The molecule has 0 bridgehead atoms. The van der Waals surface area contributed by atoms with Gasteiger partial charge in [-0.05, 0) is 137 Å². The van der Waals surface area contributed by atoms with Crippen LogP contribution in [0.25, 0.3) is 0 Å². The Kier molecular flexibility index (Phi) is 8.31. The van der Waals surface area contributed by atoms with E-state index in [1.807, 2.05) is 19.1 Å². The van der Waals surface area contributed by atoms with Crippen LogP contribution in [-0.4, -0.2) is 35.2 Å². The van der Waals surface area contributed by atoms with Crippen LogP contribution in [0.1, 0.15) is 131 Å². The van der Waals surface area contributed by atoms with Crippen LogP contribution < -0.4 is 0 Å². The zero-order valence-corrected chi connectivity index (χ0v) is 29.4. The van der Waals surface area contributed by atoms with Gasteiger partial charge in [0.2, 0.25) is 0 Å². The molecule has 0 spiro atoms. The topological polar surface area (TPSA) is 86.7 Å². The van der Waals surface area contributed by atoms with Crippen molar-refractivity contribution in [1.29, 1.82) is 0 Å². The van der Waals surface area contributed by atoms with Crippen molar-refractivity contribution in [3.05, 3.63) is 35.5 Å². The fourth-order valence-electron chi connectivity index (χ4n) is 12.7. The van der Waals surface area contributed by atoms with Gasteiger partial charge in [0.1, 0.15) is 11.7 Å². The second-order valence-corrected chi connectivity index (χ2v) is 17.4. The molecule has 0 aromatic carbocycles. The Balaban J connectivity index is 0.000000151. The minimum absolute atomic E-state index is 0.0250. The van der Waals surface area contributed by atoms with E-state index < -0.39 is 0 Å². The fourth-order valence-corrected chi connectivity index (χ4v) is 12.7. The van der Waals surface area contributed by atoms with E-state index in [0.717, 1.165) is 70.1 Å². The van der Waals surface area contributed by atoms with E-state index in [1.54, 1.807) is 6.08 Å². The molecule has 6 fully saturated rings. The van der Waals surface area contributed by atoms with E-state index in [1.165, 1.54) is 30.4 Å². The lowest BCUT2D eigenvalue weighted by Crippen LogP contribution is -2.56. The largest absolute Gasteiger partial charge is 0.462 e. The summed E-state index contributed by atoms with van der Waals surface area (Å²) in [5.41, 5.74) is 2.91. The number of fused-ring (bicyclic) bond motifs is 10. The molecule has 8 rings (SSSR count). The van der Waals surface area contributed by atoms with E-state index in [-0.39, 0.29) is 45.7 Å². The van der Waals surface area contributed by atoms with Crippen LogP contribution in [0.5, 0.6) is 0 Å². The molecule has 0 radical (unpaired) electrons. The molecule has 1 saturated heterocycles. The van der Waals surface area contributed by atoms with Gasteiger partial charge >= 0.3 is 11.9 Å². The Hall–Kier alpha value is -2.50. The first-order chi connectivity index (χ1) is 22.3. The van der Waals surface area contributed by atoms with Crippen molar-refractivity contribution in [3.8, 4) is 0 Å². The number of hydrogen-bond acceptors (Lipinski definition) is 6. The zero-order valence-electron chi connectivity index (χ0n) is 29.4. The van der Waals surface area contributed by atoms with Crippen molar-refractivity contribution < 1.29 is 28.7 Å². The zero-order chi connectivity index (χ0) is 33.4. The maximum absolute atomic E-state index is 11.9. The molecule has 5 saturated carbocycles. The number of allylic oxidation sites excluding steroid dienone is 5. The lowest BCUT2D eigenvalue weighted by molar-refractivity contribution is -0.192. The van der Waals surface area contributed by atoms with Crippen LogP contribution in [0, 0.1) is 51.8 Å². The quantitative estimate of drug-likeness (QED) is 0.281. The molecule has 47 heavy (non-hydrogen) atoms. The molecule has 1 aliphatic heterocycles. The summed E-state index contributed by atoms with van der Waals surface area (Å²) in [7, 11) is 0. The fraction of sp³-hybridized carbons (Fsp3) is 0.756. The normalized spacial score (nSPS) is 46.4. The van der Waals surface area contributed by atoms with Gasteiger partial charge in [-0.15, -0.1) is 0 Å². The van der Waals surface area contributed by atoms with Crippen molar-refractivity contribution in [1.82, 2.24) is 0 Å². The predicted octanol–water partition coefficient (Wildman–Crippen LogP) is 8.43. The number of esters is 2. The molecule has 0 N–H and O–H groups in total. The van der Waals surface area contributed by atoms with Crippen molar-refractivity contribution in [3.63, 3.8) is 0 Å². The van der Waals surface area contributed by atoms with Gasteiger partial charge in [0, 0.05) is 36.0 Å². The lowest BCUT2D eigenvalue weighted by atomic mass is 9.47. The van der Waals surface area contributed by atoms with Crippen LogP contribution in [0.2, 0.25) is 0 Å². The number of ketones is 2. The second-order valence-electron chi connectivity index (χ2n) is 17.4. The Morgan fingerprint density at radius 3 is 2.26 bits per heavy atom. The molecule has 0 amide bonds. The molecule has 7 aliphatic carbocycles. The number of carbonyl (C=O) groups excluding carboxylic acids is 4. The van der Waals surface area contributed by atoms with Crippen LogP contribution in [0.4, 0.5) is 0 Å². The van der Waals surface area contributed by atoms with Gasteiger partial charge in [0.15, 0.2) is 11.6 Å². The van der Waals surface area contributed by atoms with Crippen LogP contribution >= 0.6 is 0 Å². The Bertz CT molecular complexity index is 1440. The highest BCUT2D eigenvalue weighted by molar-refractivity contribution is 6.01. The maximum Gasteiger partial charge on any atom is 0.306 e. The smallest absolute Gasteiger partial charge is 0.306 e. The van der Waals surface area contributed by atoms with E-state index >= 15 is 0 Å². The van der Waals surface area contributed by atoms with Crippen molar-refractivity contribution >= 4 is 23.5 Å². The minimum atomic E-state index is -0.262. The van der Waals surface area contributed by atoms with E-state index in [0.29, 0.717) is 48.2 Å². The van der Waals surface area contributed by atoms with Gasteiger partial charge < -0.3 is 9.47 Å². The Morgan fingerprint density at radius 2 is 1.49 bits per heavy atom. The molecular weight excluding hydrogens is 588 g/mol. The highest BCUT2D eigenvalue weighted by Gasteiger charge is 2.60. The van der Waals surface area contributed by atoms with E-state index in [4.69, 9.17) is 9.47 Å². The van der Waals surface area contributed by atoms with Gasteiger partial charge in [-0.2, -0.15) is 0 Å². The number of hydrogen-bond donors (Lipinski definition) is 0. The van der Waals surface area contributed by atoms with Crippen molar-refractivity contribution in [2.24, 2.45) is 51.8 Å². The molecule has 0 unspecified atom stereocenters. The highest BCUT2D eigenvalue weighted by Crippen LogP contribution is 2.66. The second kappa shape index (κ2) is 11.8. The van der Waals surface area contributed by atoms with Gasteiger partial charge in [-0.25, -0.2) is 0 Å². The van der Waals surface area contributed by atoms with Crippen LogP contribution in [-0.2, 0) is 28.7 Å². The van der Waals surface area contributed by atoms with Crippen molar-refractivity contribution in [2.75, 3.05) is 0 Å². The summed E-state index contributed by atoms with van der Waals surface area (Å²) < 4.78 is 11.7. The molecule has 0 aromatic rings. The molecule has 11 atom stereocenters. The first-order valence-corrected chi connectivity index (χ1v) is 18.9.